The summed E-state index contributed by atoms with van der Waals surface area (Å²) in [6, 6.07) is 11.9. The van der Waals surface area contributed by atoms with E-state index in [1.54, 1.807) is 19.4 Å². The van der Waals surface area contributed by atoms with Crippen molar-refractivity contribution in [3.63, 3.8) is 0 Å². The normalized spacial score (nSPS) is 10.4. The fraction of sp³-hybridized carbons (Fsp3) is 0.158. The van der Waals surface area contributed by atoms with Crippen LogP contribution in [0.4, 0.5) is 5.69 Å². The van der Waals surface area contributed by atoms with Crippen LogP contribution in [0.5, 0.6) is 5.75 Å². The second-order valence-electron chi connectivity index (χ2n) is 5.75. The summed E-state index contributed by atoms with van der Waals surface area (Å²) in [7, 11) is 1.60. The minimum Gasteiger partial charge on any atom is -0.496 e. The number of methoxy groups -OCH3 is 1. The molecule has 27 heavy (non-hydrogen) atoms. The van der Waals surface area contributed by atoms with Crippen LogP contribution in [-0.2, 0) is 6.42 Å². The first kappa shape index (κ1) is 18.1. The van der Waals surface area contributed by atoms with E-state index >= 15 is 0 Å². The van der Waals surface area contributed by atoms with E-state index in [-0.39, 0.29) is 17.2 Å². The van der Waals surface area contributed by atoms with E-state index in [4.69, 9.17) is 4.74 Å². The van der Waals surface area contributed by atoms with Crippen LogP contribution in [0.2, 0.25) is 0 Å². The first-order valence-corrected chi connectivity index (χ1v) is 8.27. The molecule has 0 unspecified atom stereocenters. The summed E-state index contributed by atoms with van der Waals surface area (Å²) in [5.74, 6) is 0.386. The van der Waals surface area contributed by atoms with Crippen LogP contribution in [0.1, 0.15) is 15.9 Å². The van der Waals surface area contributed by atoms with Gasteiger partial charge in [-0.05, 0) is 30.2 Å². The van der Waals surface area contributed by atoms with Gasteiger partial charge in [-0.2, -0.15) is 0 Å². The number of nitrogens with one attached hydrogen (secondary N) is 1. The molecule has 3 aromatic rings. The number of ether oxygens (including phenoxy) is 1. The first-order chi connectivity index (χ1) is 13.1. The number of benzene rings is 2. The van der Waals surface area contributed by atoms with Crippen molar-refractivity contribution in [3.05, 3.63) is 82.4 Å². The fourth-order valence-electron chi connectivity index (χ4n) is 2.75. The van der Waals surface area contributed by atoms with Gasteiger partial charge in [-0.1, -0.05) is 18.2 Å². The minimum absolute atomic E-state index is 0.162. The van der Waals surface area contributed by atoms with E-state index in [2.05, 4.69) is 10.3 Å². The number of rotatable bonds is 7. The van der Waals surface area contributed by atoms with E-state index in [9.17, 15) is 14.9 Å². The predicted octanol–water partition coefficient (Wildman–Crippen LogP) is 2.76. The highest BCUT2D eigenvalue weighted by atomic mass is 16.6. The summed E-state index contributed by atoms with van der Waals surface area (Å²) >= 11 is 0. The Hall–Kier alpha value is -3.68. The Morgan fingerprint density at radius 2 is 2.11 bits per heavy atom. The molecular weight excluding hydrogens is 348 g/mol. The standard InChI is InChI=1S/C19H18N4O4/c1-27-18-5-3-2-4-14(18)8-9-21-19(24)15-6-7-16(17(12-15)23(25)26)22-11-10-20-13-22/h2-7,10-13H,8-9H2,1H3,(H,21,24). The van der Waals surface area contributed by atoms with Crippen molar-refractivity contribution in [2.75, 3.05) is 13.7 Å². The molecule has 0 saturated heterocycles. The monoisotopic (exact) mass is 366 g/mol. The minimum atomic E-state index is -0.513. The van der Waals surface area contributed by atoms with Crippen LogP contribution in [0, 0.1) is 10.1 Å². The molecule has 138 valence electrons. The molecule has 0 saturated carbocycles. The summed E-state index contributed by atoms with van der Waals surface area (Å²) in [4.78, 5) is 27.1. The molecule has 0 radical (unpaired) electrons. The maximum Gasteiger partial charge on any atom is 0.294 e. The van der Waals surface area contributed by atoms with Gasteiger partial charge in [0.15, 0.2) is 0 Å². The first-order valence-electron chi connectivity index (χ1n) is 8.27. The molecule has 2 aromatic carbocycles. The summed E-state index contributed by atoms with van der Waals surface area (Å²) in [5, 5.41) is 14.2. The Balaban J connectivity index is 1.71. The van der Waals surface area contributed by atoms with Crippen LogP contribution >= 0.6 is 0 Å². The van der Waals surface area contributed by atoms with E-state index < -0.39 is 4.92 Å². The van der Waals surface area contributed by atoms with E-state index in [1.165, 1.54) is 29.2 Å². The van der Waals surface area contributed by atoms with Crippen molar-refractivity contribution in [1.82, 2.24) is 14.9 Å². The van der Waals surface area contributed by atoms with Crippen molar-refractivity contribution >= 4 is 11.6 Å². The van der Waals surface area contributed by atoms with Crippen LogP contribution in [0.3, 0.4) is 0 Å². The number of para-hydroxylation sites is 1. The van der Waals surface area contributed by atoms with Crippen molar-refractivity contribution in [1.29, 1.82) is 0 Å². The number of hydrogen-bond acceptors (Lipinski definition) is 5. The number of aromatic nitrogens is 2. The van der Waals surface area contributed by atoms with Gasteiger partial charge in [0, 0.05) is 30.6 Å². The van der Waals surface area contributed by atoms with Crippen molar-refractivity contribution in [2.24, 2.45) is 0 Å². The average Bonchev–Trinajstić information content (AvgIpc) is 3.22. The molecule has 0 aliphatic carbocycles. The molecule has 0 spiro atoms. The lowest BCUT2D eigenvalue weighted by molar-refractivity contribution is -0.384. The topological polar surface area (TPSA) is 99.3 Å². The van der Waals surface area contributed by atoms with Crippen LogP contribution in [0.15, 0.2) is 61.2 Å². The molecule has 1 N–H and O–H groups in total. The zero-order valence-electron chi connectivity index (χ0n) is 14.7. The lowest BCUT2D eigenvalue weighted by Crippen LogP contribution is -2.26. The third-order valence-corrected chi connectivity index (χ3v) is 4.09. The quantitative estimate of drug-likeness (QED) is 0.512. The molecule has 0 atom stereocenters. The molecule has 0 aliphatic heterocycles. The molecule has 1 amide bonds. The Labute approximate surface area is 155 Å². The number of amides is 1. The van der Waals surface area contributed by atoms with E-state index in [0.29, 0.717) is 18.7 Å². The second kappa shape index (κ2) is 8.13. The lowest BCUT2D eigenvalue weighted by Gasteiger charge is -2.10. The maximum absolute atomic E-state index is 12.4. The van der Waals surface area contributed by atoms with E-state index in [0.717, 1.165) is 11.3 Å². The highest BCUT2D eigenvalue weighted by molar-refractivity contribution is 5.95. The van der Waals surface area contributed by atoms with Gasteiger partial charge < -0.3 is 14.6 Å². The second-order valence-corrected chi connectivity index (χ2v) is 5.75. The molecule has 3 rings (SSSR count). The number of nitro benzene ring substituents is 1. The van der Waals surface area contributed by atoms with Gasteiger partial charge in [0.2, 0.25) is 0 Å². The highest BCUT2D eigenvalue weighted by Gasteiger charge is 2.18. The molecule has 8 heteroatoms. The van der Waals surface area contributed by atoms with Crippen LogP contribution in [-0.4, -0.2) is 34.0 Å². The molecule has 0 aliphatic rings. The molecule has 8 nitrogen and oxygen atoms in total. The lowest BCUT2D eigenvalue weighted by atomic mass is 10.1. The third kappa shape index (κ3) is 4.12. The van der Waals surface area contributed by atoms with Crippen LogP contribution < -0.4 is 10.1 Å². The van der Waals surface area contributed by atoms with Gasteiger partial charge in [-0.3, -0.25) is 14.9 Å². The zero-order chi connectivity index (χ0) is 19.2. The SMILES string of the molecule is COc1ccccc1CCNC(=O)c1ccc(-n2ccnc2)c([N+](=O)[O-])c1. The largest absolute Gasteiger partial charge is 0.496 e. The van der Waals surface area contributed by atoms with Gasteiger partial charge in [0.05, 0.1) is 18.4 Å². The molecule has 0 bridgehead atoms. The van der Waals surface area contributed by atoms with Crippen molar-refractivity contribution < 1.29 is 14.5 Å². The fourth-order valence-corrected chi connectivity index (χ4v) is 2.75. The van der Waals surface area contributed by atoms with Crippen molar-refractivity contribution in [2.45, 2.75) is 6.42 Å². The number of carbonyl (C=O) groups is 1. The van der Waals surface area contributed by atoms with Gasteiger partial charge >= 0.3 is 0 Å². The molecule has 1 heterocycles. The van der Waals surface area contributed by atoms with Crippen molar-refractivity contribution in [3.8, 4) is 11.4 Å². The molecular formula is C19H18N4O4. The maximum atomic E-state index is 12.4. The summed E-state index contributed by atoms with van der Waals surface area (Å²) in [6.45, 7) is 0.385. The van der Waals surface area contributed by atoms with Gasteiger partial charge in [0.1, 0.15) is 11.4 Å². The van der Waals surface area contributed by atoms with E-state index in [1.807, 2.05) is 24.3 Å². The van der Waals surface area contributed by atoms with Gasteiger partial charge in [0.25, 0.3) is 11.6 Å². The summed E-state index contributed by atoms with van der Waals surface area (Å²) in [6.07, 6.45) is 5.19. The smallest absolute Gasteiger partial charge is 0.294 e. The number of hydrogen-bond donors (Lipinski definition) is 1. The number of nitro groups is 1. The molecule has 1 aromatic heterocycles. The highest BCUT2D eigenvalue weighted by Crippen LogP contribution is 2.24. The number of carbonyl (C=O) groups excluding carboxylic acids is 1. The third-order valence-electron chi connectivity index (χ3n) is 4.09. The van der Waals surface area contributed by atoms with Gasteiger partial charge in [-0.25, -0.2) is 4.98 Å². The van der Waals surface area contributed by atoms with Gasteiger partial charge in [-0.15, -0.1) is 0 Å². The Morgan fingerprint density at radius 1 is 1.30 bits per heavy atom. The predicted molar refractivity (Wildman–Crippen MR) is 99.2 cm³/mol. The Kier molecular flexibility index (Phi) is 5.46. The zero-order valence-corrected chi connectivity index (χ0v) is 14.7. The average molecular weight is 366 g/mol. The Morgan fingerprint density at radius 3 is 2.81 bits per heavy atom. The Bertz CT molecular complexity index is 954. The number of nitrogens with zero attached hydrogens (tertiary/aromatic N) is 3. The summed E-state index contributed by atoms with van der Waals surface area (Å²) < 4.78 is 6.81. The van der Waals surface area contributed by atoms with Crippen LogP contribution in [0.25, 0.3) is 5.69 Å². The summed E-state index contributed by atoms with van der Waals surface area (Å²) in [5.41, 5.74) is 1.39. The number of imidazole rings is 1. The molecule has 0 fully saturated rings.